The summed E-state index contributed by atoms with van der Waals surface area (Å²) in [5.74, 6) is 1.91. The third-order valence-corrected chi connectivity index (χ3v) is 20.8. The third-order valence-electron chi connectivity index (χ3n) is 13.4. The molecule has 0 spiro atoms. The van der Waals surface area contributed by atoms with Gasteiger partial charge in [0.2, 0.25) is 0 Å². The first-order valence-electron chi connectivity index (χ1n) is 24.3. The van der Waals surface area contributed by atoms with Crippen LogP contribution < -0.4 is 5.19 Å². The van der Waals surface area contributed by atoms with Crippen molar-refractivity contribution in [3.8, 4) is 19.5 Å². The van der Waals surface area contributed by atoms with Crippen molar-refractivity contribution < 1.29 is 9.59 Å². The number of hydrogen-bond acceptors (Lipinski definition) is 5. The molecule has 0 saturated heterocycles. The summed E-state index contributed by atoms with van der Waals surface area (Å²) in [6, 6.07) is 1.37. The summed E-state index contributed by atoms with van der Waals surface area (Å²) in [7, 11) is -0.517. The number of rotatable bonds is 25. The summed E-state index contributed by atoms with van der Waals surface area (Å²) in [4.78, 5) is 38.5. The summed E-state index contributed by atoms with van der Waals surface area (Å²) in [6.07, 6.45) is 21.1. The molecular formula is C52H85NO2S3Si. The Bertz CT molecular complexity index is 1810. The van der Waals surface area contributed by atoms with Crippen LogP contribution in [0.3, 0.4) is 0 Å². The molecule has 0 aromatic carbocycles. The summed E-state index contributed by atoms with van der Waals surface area (Å²) in [5, 5.41) is 1.70. The fraction of sp³-hybridized carbons (Fsp3) is 0.731. The molecule has 0 aliphatic carbocycles. The molecule has 3 aromatic rings. The maximum Gasteiger partial charge on any atom is 0.263 e. The highest BCUT2D eigenvalue weighted by molar-refractivity contribution is 7.27. The highest BCUT2D eigenvalue weighted by Crippen LogP contribution is 2.54. The van der Waals surface area contributed by atoms with Crippen molar-refractivity contribution in [1.29, 1.82) is 0 Å². The number of carbonyl (C=O) groups is 2. The van der Waals surface area contributed by atoms with Gasteiger partial charge in [0.15, 0.2) is 0 Å². The molecule has 4 heterocycles. The first kappa shape index (κ1) is 50.1. The highest BCUT2D eigenvalue weighted by atomic mass is 32.1. The molecule has 3 atom stereocenters. The summed E-state index contributed by atoms with van der Waals surface area (Å²) >= 11 is 5.79. The van der Waals surface area contributed by atoms with Crippen molar-refractivity contribution in [3.05, 3.63) is 37.6 Å². The quantitative estimate of drug-likeness (QED) is 0.0483. The lowest BCUT2D eigenvalue weighted by Crippen LogP contribution is -2.31. The number of amides is 2. The molecule has 1 aliphatic heterocycles. The van der Waals surface area contributed by atoms with Crippen molar-refractivity contribution >= 4 is 60.5 Å². The van der Waals surface area contributed by atoms with E-state index in [2.05, 4.69) is 108 Å². The van der Waals surface area contributed by atoms with E-state index in [1.807, 2.05) is 11.3 Å². The molecule has 2 unspecified atom stereocenters. The zero-order valence-electron chi connectivity index (χ0n) is 40.4. The minimum absolute atomic E-state index is 0.0606. The second-order valence-corrected chi connectivity index (χ2v) is 25.4. The van der Waals surface area contributed by atoms with Crippen molar-refractivity contribution in [2.75, 3.05) is 6.54 Å². The molecule has 4 rings (SSSR count). The standard InChI is InChI=1S/C52H85NO2S3Si/c1-15-20-23-24-25-26-32-53-49(54)40-41(50(53)55)48(52(12,13)14)57-44(40)42-35(7)39(34(6)29-30-37(18-4)27-21-16-2)43(56-42)45-46(36(8)47(58-45)51(9,10)11)59-33-31-38(19-5)28-22-17-3/h34,37-38H,15-33,59H2,1-14H3/t34-,37?,38?/m0/s1. The van der Waals surface area contributed by atoms with Crippen molar-refractivity contribution in [2.45, 2.75) is 229 Å². The average molecular weight is 881 g/mol. The molecule has 332 valence electrons. The van der Waals surface area contributed by atoms with Crippen LogP contribution in [-0.4, -0.2) is 32.8 Å². The van der Waals surface area contributed by atoms with Crippen molar-refractivity contribution in [1.82, 2.24) is 4.90 Å². The Hall–Kier alpha value is -1.54. The monoisotopic (exact) mass is 880 g/mol. The SMILES string of the molecule is CCCCCCCCN1C(=O)c2c(-c3sc(-c4sc(C(C)(C)C)c(C)c4[SiH2]CCC(CC)CCCC)c([C@@H](C)CCC(CC)CCCC)c3C)sc(C(C)(C)C)c2C1=O. The zero-order chi connectivity index (χ0) is 43.7. The maximum absolute atomic E-state index is 14.6. The van der Waals surface area contributed by atoms with Crippen molar-refractivity contribution in [3.63, 3.8) is 0 Å². The zero-order valence-corrected chi connectivity index (χ0v) is 44.2. The molecule has 0 N–H and O–H groups in total. The Morgan fingerprint density at radius 1 is 0.559 bits per heavy atom. The number of hydrogen-bond donors (Lipinski definition) is 0. The minimum Gasteiger partial charge on any atom is -0.274 e. The van der Waals surface area contributed by atoms with Gasteiger partial charge in [-0.25, -0.2) is 0 Å². The van der Waals surface area contributed by atoms with E-state index in [-0.39, 0.29) is 22.6 Å². The van der Waals surface area contributed by atoms with E-state index in [9.17, 15) is 9.59 Å². The second kappa shape index (κ2) is 22.7. The number of fused-ring (bicyclic) bond motifs is 1. The fourth-order valence-corrected chi connectivity index (χ4v) is 17.0. The first-order chi connectivity index (χ1) is 28.0. The molecule has 2 amide bonds. The molecule has 0 radical (unpaired) electrons. The topological polar surface area (TPSA) is 37.4 Å². The Morgan fingerprint density at radius 3 is 1.68 bits per heavy atom. The number of unbranched alkanes of at least 4 members (excludes halogenated alkanes) is 7. The summed E-state index contributed by atoms with van der Waals surface area (Å²) in [5.41, 5.74) is 5.65. The molecule has 3 nitrogen and oxygen atoms in total. The Labute approximate surface area is 377 Å². The second-order valence-electron chi connectivity index (χ2n) is 20.4. The van der Waals surface area contributed by atoms with Crippen LogP contribution >= 0.6 is 34.0 Å². The van der Waals surface area contributed by atoms with Gasteiger partial charge in [0.05, 0.1) is 25.5 Å². The lowest BCUT2D eigenvalue weighted by Gasteiger charge is -2.20. The molecule has 0 fully saturated rings. The normalized spacial score (nSPS) is 15.3. The number of imide groups is 1. The molecule has 0 saturated carbocycles. The van der Waals surface area contributed by atoms with Gasteiger partial charge in [0, 0.05) is 30.9 Å². The molecule has 3 aromatic heterocycles. The van der Waals surface area contributed by atoms with Gasteiger partial charge < -0.3 is 0 Å². The van der Waals surface area contributed by atoms with E-state index in [1.54, 1.807) is 31.9 Å². The molecule has 1 aliphatic rings. The van der Waals surface area contributed by atoms with Gasteiger partial charge >= 0.3 is 0 Å². The lowest BCUT2D eigenvalue weighted by atomic mass is 9.86. The van der Waals surface area contributed by atoms with Crippen LogP contribution in [0.4, 0.5) is 0 Å². The minimum atomic E-state index is -0.517. The van der Waals surface area contributed by atoms with E-state index in [1.165, 1.54) is 128 Å². The highest BCUT2D eigenvalue weighted by Gasteiger charge is 2.44. The third kappa shape index (κ3) is 12.1. The average Bonchev–Trinajstić information content (AvgIpc) is 3.91. The van der Waals surface area contributed by atoms with Gasteiger partial charge in [-0.3, -0.25) is 14.5 Å². The fourth-order valence-electron chi connectivity index (χ4n) is 9.68. The van der Waals surface area contributed by atoms with E-state index in [4.69, 9.17) is 0 Å². The number of thiophene rings is 3. The van der Waals surface area contributed by atoms with E-state index < -0.39 is 9.52 Å². The molecule has 7 heteroatoms. The van der Waals surface area contributed by atoms with Crippen LogP contribution in [0.15, 0.2) is 0 Å². The smallest absolute Gasteiger partial charge is 0.263 e. The maximum atomic E-state index is 14.6. The Kier molecular flexibility index (Phi) is 19.3. The molecule has 0 bridgehead atoms. The number of nitrogens with zero attached hydrogens (tertiary/aromatic N) is 1. The van der Waals surface area contributed by atoms with Crippen LogP contribution in [0.1, 0.15) is 245 Å². The van der Waals surface area contributed by atoms with Crippen LogP contribution in [0.2, 0.25) is 6.04 Å². The predicted octanol–water partition coefficient (Wildman–Crippen LogP) is 16.3. The Balaban J connectivity index is 1.89. The number of carbonyl (C=O) groups excluding carboxylic acids is 2. The largest absolute Gasteiger partial charge is 0.274 e. The van der Waals surface area contributed by atoms with Crippen molar-refractivity contribution in [2.24, 2.45) is 11.8 Å². The lowest BCUT2D eigenvalue weighted by molar-refractivity contribution is 0.0650. The van der Waals surface area contributed by atoms with E-state index in [0.717, 1.165) is 34.4 Å². The van der Waals surface area contributed by atoms with Gasteiger partial charge in [-0.15, -0.1) is 34.0 Å². The first-order valence-corrected chi connectivity index (χ1v) is 28.4. The predicted molar refractivity (Wildman–Crippen MR) is 268 cm³/mol. The van der Waals surface area contributed by atoms with Crippen LogP contribution in [0.25, 0.3) is 19.5 Å². The molecule has 59 heavy (non-hydrogen) atoms. The van der Waals surface area contributed by atoms with E-state index >= 15 is 0 Å². The summed E-state index contributed by atoms with van der Waals surface area (Å²) < 4.78 is 0. The van der Waals surface area contributed by atoms with E-state index in [0.29, 0.717) is 23.6 Å². The Morgan fingerprint density at radius 2 is 1.10 bits per heavy atom. The van der Waals surface area contributed by atoms with Crippen LogP contribution in [0, 0.1) is 25.7 Å². The van der Waals surface area contributed by atoms with Gasteiger partial charge in [-0.05, 0) is 83.6 Å². The molecular weight excluding hydrogens is 795 g/mol. The van der Waals surface area contributed by atoms with Gasteiger partial charge in [0.1, 0.15) is 0 Å². The van der Waals surface area contributed by atoms with Gasteiger partial charge in [-0.2, -0.15) is 0 Å². The summed E-state index contributed by atoms with van der Waals surface area (Å²) in [6.45, 7) is 33.3. The van der Waals surface area contributed by atoms with Gasteiger partial charge in [0.25, 0.3) is 11.8 Å². The van der Waals surface area contributed by atoms with Crippen LogP contribution in [-0.2, 0) is 10.8 Å². The van der Waals surface area contributed by atoms with Gasteiger partial charge in [-0.1, -0.05) is 179 Å². The van der Waals surface area contributed by atoms with Crippen LogP contribution in [0.5, 0.6) is 0 Å².